The van der Waals surface area contributed by atoms with E-state index in [4.69, 9.17) is 0 Å². The molecule has 0 aliphatic heterocycles. The molecule has 0 heterocycles. The minimum absolute atomic E-state index is 0.0416. The van der Waals surface area contributed by atoms with Gasteiger partial charge in [0.1, 0.15) is 0 Å². The van der Waals surface area contributed by atoms with E-state index >= 15 is 0 Å². The van der Waals surface area contributed by atoms with E-state index in [9.17, 15) is 13.2 Å². The molecule has 0 aromatic heterocycles. The van der Waals surface area contributed by atoms with Crippen LogP contribution in [0.2, 0.25) is 0 Å². The lowest BCUT2D eigenvalue weighted by Crippen LogP contribution is -2.28. The van der Waals surface area contributed by atoms with Crippen molar-refractivity contribution >= 4 is 37.5 Å². The molecular weight excluding hydrogens is 416 g/mol. The number of aryl methyl sites for hydroxylation is 2. The van der Waals surface area contributed by atoms with E-state index in [1.54, 1.807) is 12.1 Å². The quantitative estimate of drug-likeness (QED) is 0.656. The topological polar surface area (TPSA) is 75.3 Å². The first kappa shape index (κ1) is 20.6. The van der Waals surface area contributed by atoms with Gasteiger partial charge in [-0.2, -0.15) is 0 Å². The van der Waals surface area contributed by atoms with Crippen molar-refractivity contribution in [2.45, 2.75) is 38.0 Å². The van der Waals surface area contributed by atoms with Crippen molar-refractivity contribution in [2.24, 2.45) is 0 Å². The highest BCUT2D eigenvalue weighted by Gasteiger charge is 2.15. The van der Waals surface area contributed by atoms with Crippen LogP contribution in [0.1, 0.15) is 31.4 Å². The third kappa shape index (κ3) is 5.40. The SMILES string of the molecule is CCc1cccc(CC)c1NC(=O)CCNS(=O)(=O)c1ccc(Br)cc1. The van der Waals surface area contributed by atoms with Crippen LogP contribution >= 0.6 is 15.9 Å². The molecule has 2 aromatic carbocycles. The van der Waals surface area contributed by atoms with Crippen LogP contribution in [-0.2, 0) is 27.7 Å². The number of carbonyl (C=O) groups excluding carboxylic acids is 1. The fourth-order valence-electron chi connectivity index (χ4n) is 2.60. The highest BCUT2D eigenvalue weighted by Crippen LogP contribution is 2.22. The molecule has 7 heteroatoms. The molecule has 140 valence electrons. The second-order valence-corrected chi connectivity index (χ2v) is 8.49. The molecule has 0 bridgehead atoms. The number of hydrogen-bond acceptors (Lipinski definition) is 3. The van der Waals surface area contributed by atoms with E-state index in [-0.39, 0.29) is 23.8 Å². The maximum absolute atomic E-state index is 12.3. The number of rotatable bonds is 8. The number of halogens is 1. The average Bonchev–Trinajstić information content (AvgIpc) is 2.62. The van der Waals surface area contributed by atoms with E-state index in [0.717, 1.165) is 34.1 Å². The molecule has 2 N–H and O–H groups in total. The summed E-state index contributed by atoms with van der Waals surface area (Å²) in [7, 11) is -3.62. The first-order valence-corrected chi connectivity index (χ1v) is 10.8. The standard InChI is InChI=1S/C19H23BrN2O3S/c1-3-14-6-5-7-15(4-2)19(14)22-18(23)12-13-21-26(24,25)17-10-8-16(20)9-11-17/h5-11,21H,3-4,12-13H2,1-2H3,(H,22,23). The largest absolute Gasteiger partial charge is 0.326 e. The number of para-hydroxylation sites is 1. The predicted molar refractivity (Wildman–Crippen MR) is 108 cm³/mol. The van der Waals surface area contributed by atoms with E-state index in [2.05, 4.69) is 26.0 Å². The summed E-state index contributed by atoms with van der Waals surface area (Å²) in [4.78, 5) is 12.4. The van der Waals surface area contributed by atoms with Gasteiger partial charge >= 0.3 is 0 Å². The van der Waals surface area contributed by atoms with Crippen LogP contribution in [-0.4, -0.2) is 20.9 Å². The number of amides is 1. The van der Waals surface area contributed by atoms with Crippen LogP contribution in [0.5, 0.6) is 0 Å². The van der Waals surface area contributed by atoms with Gasteiger partial charge < -0.3 is 5.32 Å². The Labute approximate surface area is 163 Å². The maximum atomic E-state index is 12.3. The van der Waals surface area contributed by atoms with E-state index in [1.165, 1.54) is 12.1 Å². The molecular formula is C19H23BrN2O3S. The van der Waals surface area contributed by atoms with E-state index in [0.29, 0.717) is 0 Å². The Bertz CT molecular complexity index is 843. The van der Waals surface area contributed by atoms with Crippen LogP contribution < -0.4 is 10.0 Å². The lowest BCUT2D eigenvalue weighted by Gasteiger charge is -2.14. The molecule has 0 aliphatic rings. The molecule has 5 nitrogen and oxygen atoms in total. The Morgan fingerprint density at radius 3 is 2.12 bits per heavy atom. The third-order valence-electron chi connectivity index (χ3n) is 4.03. The lowest BCUT2D eigenvalue weighted by atomic mass is 10.0. The van der Waals surface area contributed by atoms with Crippen molar-refractivity contribution < 1.29 is 13.2 Å². The number of hydrogen-bond donors (Lipinski definition) is 2. The third-order valence-corrected chi connectivity index (χ3v) is 6.04. The average molecular weight is 439 g/mol. The molecule has 0 spiro atoms. The molecule has 0 atom stereocenters. The van der Waals surface area contributed by atoms with Crippen LogP contribution in [0, 0.1) is 0 Å². The van der Waals surface area contributed by atoms with Crippen LogP contribution in [0.4, 0.5) is 5.69 Å². The summed E-state index contributed by atoms with van der Waals surface area (Å²) in [5, 5.41) is 2.93. The van der Waals surface area contributed by atoms with Gasteiger partial charge in [-0.25, -0.2) is 13.1 Å². The Morgan fingerprint density at radius 1 is 1.00 bits per heavy atom. The minimum atomic E-state index is -3.62. The molecule has 0 unspecified atom stereocenters. The summed E-state index contributed by atoms with van der Waals surface area (Å²) in [6.07, 6.45) is 1.70. The number of nitrogens with one attached hydrogen (secondary N) is 2. The van der Waals surface area contributed by atoms with Crippen molar-refractivity contribution in [1.82, 2.24) is 4.72 Å². The van der Waals surface area contributed by atoms with Crippen molar-refractivity contribution in [3.8, 4) is 0 Å². The second-order valence-electron chi connectivity index (χ2n) is 5.81. The smallest absolute Gasteiger partial charge is 0.240 e. The zero-order chi connectivity index (χ0) is 19.2. The van der Waals surface area contributed by atoms with Gasteiger partial charge in [0.25, 0.3) is 0 Å². The van der Waals surface area contributed by atoms with Crippen molar-refractivity contribution in [3.05, 3.63) is 58.1 Å². The zero-order valence-electron chi connectivity index (χ0n) is 14.9. The molecule has 0 saturated heterocycles. The predicted octanol–water partition coefficient (Wildman–Crippen LogP) is 3.88. The van der Waals surface area contributed by atoms with Gasteiger partial charge in [-0.3, -0.25) is 4.79 Å². The van der Waals surface area contributed by atoms with Crippen molar-refractivity contribution in [3.63, 3.8) is 0 Å². The van der Waals surface area contributed by atoms with Crippen LogP contribution in [0.15, 0.2) is 51.8 Å². The molecule has 0 radical (unpaired) electrons. The summed E-state index contributed by atoms with van der Waals surface area (Å²) < 4.78 is 27.7. The van der Waals surface area contributed by atoms with E-state index in [1.807, 2.05) is 32.0 Å². The Balaban J connectivity index is 1.96. The highest BCUT2D eigenvalue weighted by molar-refractivity contribution is 9.10. The van der Waals surface area contributed by atoms with Crippen molar-refractivity contribution in [1.29, 1.82) is 0 Å². The molecule has 2 rings (SSSR count). The lowest BCUT2D eigenvalue weighted by molar-refractivity contribution is -0.116. The van der Waals surface area contributed by atoms with Gasteiger partial charge in [0.05, 0.1) is 4.90 Å². The molecule has 0 aliphatic carbocycles. The molecule has 2 aromatic rings. The highest BCUT2D eigenvalue weighted by atomic mass is 79.9. The van der Waals surface area contributed by atoms with Gasteiger partial charge in [-0.1, -0.05) is 48.0 Å². The molecule has 1 amide bonds. The molecule has 0 saturated carbocycles. The minimum Gasteiger partial charge on any atom is -0.326 e. The summed E-state index contributed by atoms with van der Waals surface area (Å²) in [5.74, 6) is -0.209. The zero-order valence-corrected chi connectivity index (χ0v) is 17.3. The number of anilines is 1. The fourth-order valence-corrected chi connectivity index (χ4v) is 3.90. The first-order valence-electron chi connectivity index (χ1n) is 8.53. The van der Waals surface area contributed by atoms with Gasteiger partial charge in [0.2, 0.25) is 15.9 Å². The van der Waals surface area contributed by atoms with Gasteiger partial charge in [0.15, 0.2) is 0 Å². The fraction of sp³-hybridized carbons (Fsp3) is 0.316. The first-order chi connectivity index (χ1) is 12.4. The van der Waals surface area contributed by atoms with Crippen LogP contribution in [0.25, 0.3) is 0 Å². The van der Waals surface area contributed by atoms with E-state index < -0.39 is 10.0 Å². The van der Waals surface area contributed by atoms with Gasteiger partial charge in [-0.05, 0) is 48.2 Å². The summed E-state index contributed by atoms with van der Waals surface area (Å²) in [6, 6.07) is 12.3. The Hall–Kier alpha value is -1.70. The molecule has 0 fully saturated rings. The number of benzene rings is 2. The monoisotopic (exact) mass is 438 g/mol. The Kier molecular flexibility index (Phi) is 7.37. The maximum Gasteiger partial charge on any atom is 0.240 e. The number of carbonyl (C=O) groups is 1. The van der Waals surface area contributed by atoms with Gasteiger partial charge in [0, 0.05) is 23.1 Å². The Morgan fingerprint density at radius 2 is 1.58 bits per heavy atom. The summed E-state index contributed by atoms with van der Waals surface area (Å²) >= 11 is 3.27. The van der Waals surface area contributed by atoms with Crippen LogP contribution in [0.3, 0.4) is 0 Å². The molecule has 26 heavy (non-hydrogen) atoms. The summed E-state index contributed by atoms with van der Waals surface area (Å²) in [5.41, 5.74) is 3.00. The van der Waals surface area contributed by atoms with Gasteiger partial charge in [-0.15, -0.1) is 0 Å². The number of sulfonamides is 1. The normalized spacial score (nSPS) is 11.3. The summed E-state index contributed by atoms with van der Waals surface area (Å²) in [6.45, 7) is 4.12. The second kappa shape index (κ2) is 9.30. The van der Waals surface area contributed by atoms with Crippen molar-refractivity contribution in [2.75, 3.05) is 11.9 Å².